The largest absolute Gasteiger partial charge is 0.242 e. The van der Waals surface area contributed by atoms with Gasteiger partial charge in [-0.05, 0) is 68.1 Å². The molecule has 2 aliphatic carbocycles. The van der Waals surface area contributed by atoms with Gasteiger partial charge in [-0.2, -0.15) is 0 Å². The molecule has 20 heavy (non-hydrogen) atoms. The Morgan fingerprint density at radius 2 is 1.40 bits per heavy atom. The summed E-state index contributed by atoms with van der Waals surface area (Å²) in [4.78, 5) is 4.12. The highest BCUT2D eigenvalue weighted by atomic mass is 14.8. The van der Waals surface area contributed by atoms with Gasteiger partial charge < -0.3 is 0 Å². The zero-order valence-corrected chi connectivity index (χ0v) is 13.6. The molecule has 0 heterocycles. The maximum Gasteiger partial charge on any atom is 0.0864 e. The van der Waals surface area contributed by atoms with E-state index in [0.29, 0.717) is 11.5 Å². The average molecular weight is 276 g/mol. The monoisotopic (exact) mass is 276 g/mol. The molecule has 0 aromatic rings. The van der Waals surface area contributed by atoms with E-state index in [-0.39, 0.29) is 0 Å². The van der Waals surface area contributed by atoms with Crippen molar-refractivity contribution in [3.8, 4) is 0 Å². The van der Waals surface area contributed by atoms with Crippen molar-refractivity contribution in [2.24, 2.45) is 28.2 Å². The number of hydrogen-bond donors (Lipinski definition) is 1. The number of rotatable bonds is 3. The van der Waals surface area contributed by atoms with Crippen LogP contribution in [0.15, 0.2) is 4.99 Å². The second-order valence-corrected chi connectivity index (χ2v) is 8.23. The summed E-state index contributed by atoms with van der Waals surface area (Å²) in [6.07, 6.45) is 12.3. The molecule has 2 fully saturated rings. The first-order chi connectivity index (χ1) is 9.49. The fraction of sp³-hybridized carbons (Fsp3) is 0.944. The number of nitrogens with zero attached hydrogens (tertiary/aromatic N) is 1. The van der Waals surface area contributed by atoms with Crippen LogP contribution in [0.25, 0.3) is 0 Å². The summed E-state index contributed by atoms with van der Waals surface area (Å²) < 4.78 is 0. The first-order valence-electron chi connectivity index (χ1n) is 8.60. The standard InChI is InChI=1S/C18H32N2/c1-18(2,3)16-8-4-14(5-9-16)12-15-6-10-17(11-7-15)20-13-19/h14-17,19H,4-12H2,1-3H3. The quantitative estimate of drug-likeness (QED) is 0.657. The molecule has 0 spiro atoms. The molecule has 0 bridgehead atoms. The minimum atomic E-state index is 0.403. The Kier molecular flexibility index (Phi) is 5.43. The second kappa shape index (κ2) is 6.89. The lowest BCUT2D eigenvalue weighted by Crippen LogP contribution is -2.27. The van der Waals surface area contributed by atoms with Crippen molar-refractivity contribution < 1.29 is 0 Å². The summed E-state index contributed by atoms with van der Waals surface area (Å²) in [5.74, 6) is 2.86. The van der Waals surface area contributed by atoms with E-state index >= 15 is 0 Å². The molecule has 0 aliphatic heterocycles. The third kappa shape index (κ3) is 4.45. The molecule has 2 saturated carbocycles. The zero-order valence-electron chi connectivity index (χ0n) is 13.6. The van der Waals surface area contributed by atoms with Crippen LogP contribution in [0.5, 0.6) is 0 Å². The first kappa shape index (κ1) is 15.8. The van der Waals surface area contributed by atoms with E-state index < -0.39 is 0 Å². The van der Waals surface area contributed by atoms with Crippen LogP contribution in [0.2, 0.25) is 0 Å². The molecule has 114 valence electrons. The summed E-state index contributed by atoms with van der Waals surface area (Å²) in [5.41, 5.74) is 0.508. The van der Waals surface area contributed by atoms with Crippen LogP contribution in [-0.4, -0.2) is 12.1 Å². The van der Waals surface area contributed by atoms with Crippen LogP contribution in [0, 0.1) is 28.6 Å². The fourth-order valence-electron chi connectivity index (χ4n) is 4.34. The molecule has 0 atom stereocenters. The van der Waals surface area contributed by atoms with Crippen LogP contribution in [0.1, 0.15) is 78.6 Å². The molecular formula is C18H32N2. The molecule has 2 aliphatic rings. The van der Waals surface area contributed by atoms with Crippen LogP contribution < -0.4 is 0 Å². The predicted molar refractivity (Wildman–Crippen MR) is 85.4 cm³/mol. The van der Waals surface area contributed by atoms with Crippen molar-refractivity contribution in [3.63, 3.8) is 0 Å². The molecule has 0 unspecified atom stereocenters. The van der Waals surface area contributed by atoms with Crippen molar-refractivity contribution in [3.05, 3.63) is 0 Å². The van der Waals surface area contributed by atoms with E-state index in [2.05, 4.69) is 31.8 Å². The van der Waals surface area contributed by atoms with Gasteiger partial charge in [-0.3, -0.25) is 0 Å². The third-order valence-electron chi connectivity index (χ3n) is 5.80. The highest BCUT2D eigenvalue weighted by Gasteiger charge is 2.31. The molecule has 2 nitrogen and oxygen atoms in total. The topological polar surface area (TPSA) is 36.2 Å². The molecule has 2 rings (SSSR count). The van der Waals surface area contributed by atoms with E-state index in [1.54, 1.807) is 0 Å². The van der Waals surface area contributed by atoms with Crippen molar-refractivity contribution in [2.75, 3.05) is 0 Å². The van der Waals surface area contributed by atoms with Gasteiger partial charge in [0.1, 0.15) is 0 Å². The van der Waals surface area contributed by atoms with Gasteiger partial charge in [-0.1, -0.05) is 33.6 Å². The summed E-state index contributed by atoms with van der Waals surface area (Å²) >= 11 is 0. The summed E-state index contributed by atoms with van der Waals surface area (Å²) in [5, 5.41) is 6.95. The van der Waals surface area contributed by atoms with Crippen LogP contribution >= 0.6 is 0 Å². The minimum absolute atomic E-state index is 0.403. The van der Waals surface area contributed by atoms with E-state index in [4.69, 9.17) is 5.41 Å². The summed E-state index contributed by atoms with van der Waals surface area (Å²) in [6, 6.07) is 2.63. The van der Waals surface area contributed by atoms with Gasteiger partial charge in [0.05, 0.1) is 12.1 Å². The summed E-state index contributed by atoms with van der Waals surface area (Å²) in [7, 11) is 0. The Labute approximate surface area is 125 Å². The van der Waals surface area contributed by atoms with Gasteiger partial charge in [0.15, 0.2) is 0 Å². The normalized spacial score (nSPS) is 35.4. The fourth-order valence-corrected chi connectivity index (χ4v) is 4.34. The van der Waals surface area contributed by atoms with Crippen molar-refractivity contribution in [2.45, 2.75) is 84.6 Å². The maximum absolute atomic E-state index is 6.95. The lowest BCUT2D eigenvalue weighted by molar-refractivity contribution is 0.132. The molecule has 0 amide bonds. The maximum atomic E-state index is 6.95. The van der Waals surface area contributed by atoms with Crippen LogP contribution in [-0.2, 0) is 0 Å². The molecular weight excluding hydrogens is 244 g/mol. The second-order valence-electron chi connectivity index (χ2n) is 8.23. The van der Waals surface area contributed by atoms with Crippen molar-refractivity contribution >= 4 is 6.01 Å². The number of aliphatic imine (C=N–C) groups is 1. The highest BCUT2D eigenvalue weighted by Crippen LogP contribution is 2.42. The first-order valence-corrected chi connectivity index (χ1v) is 8.60. The van der Waals surface area contributed by atoms with E-state index in [9.17, 15) is 0 Å². The summed E-state index contributed by atoms with van der Waals surface area (Å²) in [6.45, 7) is 7.22. The molecule has 0 aromatic heterocycles. The number of hydrogen-bond acceptors (Lipinski definition) is 2. The van der Waals surface area contributed by atoms with Gasteiger partial charge in [0.2, 0.25) is 0 Å². The Morgan fingerprint density at radius 3 is 1.85 bits per heavy atom. The Morgan fingerprint density at radius 1 is 0.900 bits per heavy atom. The van der Waals surface area contributed by atoms with Gasteiger partial charge in [0, 0.05) is 0 Å². The third-order valence-corrected chi connectivity index (χ3v) is 5.80. The van der Waals surface area contributed by atoms with Crippen LogP contribution in [0.3, 0.4) is 0 Å². The zero-order chi connectivity index (χ0) is 14.6. The molecule has 0 saturated heterocycles. The molecule has 0 radical (unpaired) electrons. The smallest absolute Gasteiger partial charge is 0.0864 e. The Bertz CT molecular complexity index is 333. The molecule has 1 N–H and O–H groups in total. The van der Waals surface area contributed by atoms with Crippen molar-refractivity contribution in [1.82, 2.24) is 0 Å². The minimum Gasteiger partial charge on any atom is -0.242 e. The van der Waals surface area contributed by atoms with Crippen LogP contribution in [0.4, 0.5) is 0 Å². The van der Waals surface area contributed by atoms with Gasteiger partial charge in [-0.15, -0.1) is 0 Å². The SMILES string of the molecule is CC(C)(C)C1CCC(CC2CCC(N=C=N)CC2)CC1. The van der Waals surface area contributed by atoms with Gasteiger partial charge >= 0.3 is 0 Å². The van der Waals surface area contributed by atoms with Crippen molar-refractivity contribution in [1.29, 1.82) is 5.41 Å². The Balaban J connectivity index is 1.70. The van der Waals surface area contributed by atoms with Gasteiger partial charge in [-0.25, -0.2) is 10.4 Å². The van der Waals surface area contributed by atoms with Gasteiger partial charge in [0.25, 0.3) is 0 Å². The molecule has 0 aromatic carbocycles. The van der Waals surface area contributed by atoms with E-state index in [1.807, 2.05) is 0 Å². The predicted octanol–water partition coefficient (Wildman–Crippen LogP) is 5.54. The average Bonchev–Trinajstić information content (AvgIpc) is 2.41. The van der Waals surface area contributed by atoms with E-state index in [1.165, 1.54) is 57.8 Å². The highest BCUT2D eigenvalue weighted by molar-refractivity contribution is 5.36. The molecule has 2 heteroatoms. The Hall–Kier alpha value is -0.620. The van der Waals surface area contributed by atoms with E-state index in [0.717, 1.165) is 17.8 Å². The lowest BCUT2D eigenvalue weighted by Gasteiger charge is -2.38. The lowest BCUT2D eigenvalue weighted by atomic mass is 9.68. The number of nitrogens with one attached hydrogen (secondary N) is 1.